The van der Waals surface area contributed by atoms with Gasteiger partial charge in [0.1, 0.15) is 5.75 Å². The second-order valence-corrected chi connectivity index (χ2v) is 7.32. The first kappa shape index (κ1) is 16.1. The molecule has 0 spiro atoms. The number of aromatic hydroxyl groups is 1. The summed E-state index contributed by atoms with van der Waals surface area (Å²) in [7, 11) is 0. The van der Waals surface area contributed by atoms with Gasteiger partial charge in [0.15, 0.2) is 0 Å². The van der Waals surface area contributed by atoms with Gasteiger partial charge in [-0.15, -0.1) is 11.3 Å². The zero-order chi connectivity index (χ0) is 15.4. The molecule has 0 aliphatic carbocycles. The SMILES string of the molecule is Cc1cc(C(C)NC(C)CCc2ccc(O)cc2)c(C)s1. The van der Waals surface area contributed by atoms with Crippen molar-refractivity contribution in [1.29, 1.82) is 0 Å². The van der Waals surface area contributed by atoms with Gasteiger partial charge in [-0.3, -0.25) is 0 Å². The molecule has 0 saturated heterocycles. The Morgan fingerprint density at radius 3 is 2.38 bits per heavy atom. The van der Waals surface area contributed by atoms with Crippen LogP contribution in [0.1, 0.15) is 47.2 Å². The lowest BCUT2D eigenvalue weighted by atomic mass is 10.0. The average Bonchev–Trinajstić information content (AvgIpc) is 2.77. The standard InChI is InChI=1S/C18H25NOS/c1-12(5-6-16-7-9-17(20)10-8-16)19-14(3)18-11-13(2)21-15(18)4/h7-12,14,19-20H,5-6H2,1-4H3. The molecule has 2 rings (SSSR count). The fourth-order valence-electron chi connectivity index (χ4n) is 2.73. The molecule has 2 atom stereocenters. The maximum absolute atomic E-state index is 9.30. The Kier molecular flexibility index (Phi) is 5.43. The number of aryl methyl sites for hydroxylation is 3. The lowest BCUT2D eigenvalue weighted by Gasteiger charge is -2.20. The third kappa shape index (κ3) is 4.58. The van der Waals surface area contributed by atoms with E-state index in [0.29, 0.717) is 17.8 Å². The molecule has 21 heavy (non-hydrogen) atoms. The number of phenols is 1. The highest BCUT2D eigenvalue weighted by molar-refractivity contribution is 7.12. The molecule has 1 aromatic heterocycles. The van der Waals surface area contributed by atoms with Crippen LogP contribution in [0.15, 0.2) is 30.3 Å². The first-order chi connectivity index (χ1) is 9.95. The van der Waals surface area contributed by atoms with E-state index in [1.165, 1.54) is 20.9 Å². The van der Waals surface area contributed by atoms with E-state index in [2.05, 4.69) is 39.1 Å². The summed E-state index contributed by atoms with van der Waals surface area (Å²) in [6.45, 7) is 8.85. The summed E-state index contributed by atoms with van der Waals surface area (Å²) in [5, 5.41) is 13.0. The number of hydrogen-bond donors (Lipinski definition) is 2. The quantitative estimate of drug-likeness (QED) is 0.807. The zero-order valence-corrected chi connectivity index (χ0v) is 14.1. The van der Waals surface area contributed by atoms with Crippen molar-refractivity contribution in [2.75, 3.05) is 0 Å². The van der Waals surface area contributed by atoms with E-state index in [9.17, 15) is 5.11 Å². The van der Waals surface area contributed by atoms with Gasteiger partial charge in [0.2, 0.25) is 0 Å². The zero-order valence-electron chi connectivity index (χ0n) is 13.3. The second-order valence-electron chi connectivity index (χ2n) is 5.86. The minimum Gasteiger partial charge on any atom is -0.508 e. The molecule has 2 aromatic rings. The number of rotatable bonds is 6. The van der Waals surface area contributed by atoms with Gasteiger partial charge >= 0.3 is 0 Å². The van der Waals surface area contributed by atoms with Crippen LogP contribution in [0.4, 0.5) is 0 Å². The fraction of sp³-hybridized carbons (Fsp3) is 0.444. The molecule has 3 heteroatoms. The maximum Gasteiger partial charge on any atom is 0.115 e. The van der Waals surface area contributed by atoms with Crippen LogP contribution >= 0.6 is 11.3 Å². The van der Waals surface area contributed by atoms with Crippen molar-refractivity contribution in [3.63, 3.8) is 0 Å². The molecule has 0 aliphatic rings. The molecular weight excluding hydrogens is 278 g/mol. The lowest BCUT2D eigenvalue weighted by Crippen LogP contribution is -2.29. The van der Waals surface area contributed by atoms with Gasteiger partial charge < -0.3 is 10.4 Å². The second kappa shape index (κ2) is 7.10. The van der Waals surface area contributed by atoms with Crippen molar-refractivity contribution >= 4 is 11.3 Å². The van der Waals surface area contributed by atoms with Crippen LogP contribution in [-0.2, 0) is 6.42 Å². The van der Waals surface area contributed by atoms with Gasteiger partial charge in [-0.25, -0.2) is 0 Å². The molecule has 1 aromatic carbocycles. The Bertz CT molecular complexity index is 573. The predicted molar refractivity (Wildman–Crippen MR) is 91.2 cm³/mol. The van der Waals surface area contributed by atoms with Gasteiger partial charge in [-0.05, 0) is 69.9 Å². The Balaban J connectivity index is 1.85. The van der Waals surface area contributed by atoms with Crippen molar-refractivity contribution in [1.82, 2.24) is 5.32 Å². The van der Waals surface area contributed by atoms with Gasteiger partial charge in [-0.1, -0.05) is 12.1 Å². The van der Waals surface area contributed by atoms with Gasteiger partial charge in [0, 0.05) is 21.8 Å². The Morgan fingerprint density at radius 1 is 1.14 bits per heavy atom. The molecule has 0 bridgehead atoms. The van der Waals surface area contributed by atoms with Crippen LogP contribution in [0, 0.1) is 13.8 Å². The van der Waals surface area contributed by atoms with E-state index >= 15 is 0 Å². The smallest absolute Gasteiger partial charge is 0.115 e. The lowest BCUT2D eigenvalue weighted by molar-refractivity contribution is 0.455. The summed E-state index contributed by atoms with van der Waals surface area (Å²) in [6, 6.07) is 10.7. The van der Waals surface area contributed by atoms with E-state index in [1.54, 1.807) is 12.1 Å². The van der Waals surface area contributed by atoms with Crippen molar-refractivity contribution in [3.8, 4) is 5.75 Å². The first-order valence-electron chi connectivity index (χ1n) is 7.56. The molecule has 0 fully saturated rings. The largest absolute Gasteiger partial charge is 0.508 e. The number of benzene rings is 1. The number of thiophene rings is 1. The van der Waals surface area contributed by atoms with Crippen molar-refractivity contribution in [3.05, 3.63) is 51.2 Å². The van der Waals surface area contributed by atoms with Crippen molar-refractivity contribution < 1.29 is 5.11 Å². The van der Waals surface area contributed by atoms with E-state index in [1.807, 2.05) is 23.5 Å². The van der Waals surface area contributed by atoms with Gasteiger partial charge in [-0.2, -0.15) is 0 Å². The van der Waals surface area contributed by atoms with Crippen LogP contribution in [0.2, 0.25) is 0 Å². The van der Waals surface area contributed by atoms with Crippen LogP contribution in [0.3, 0.4) is 0 Å². The van der Waals surface area contributed by atoms with Gasteiger partial charge in [0.25, 0.3) is 0 Å². The summed E-state index contributed by atoms with van der Waals surface area (Å²) in [6.07, 6.45) is 2.13. The minimum atomic E-state index is 0.335. The Morgan fingerprint density at radius 2 is 1.81 bits per heavy atom. The molecule has 0 saturated carbocycles. The molecule has 2 unspecified atom stereocenters. The van der Waals surface area contributed by atoms with Crippen LogP contribution in [0.25, 0.3) is 0 Å². The molecule has 0 aliphatic heterocycles. The minimum absolute atomic E-state index is 0.335. The molecule has 1 heterocycles. The topological polar surface area (TPSA) is 32.3 Å². The highest BCUT2D eigenvalue weighted by Crippen LogP contribution is 2.26. The average molecular weight is 303 g/mol. The van der Waals surface area contributed by atoms with Crippen LogP contribution in [0.5, 0.6) is 5.75 Å². The summed E-state index contributed by atoms with van der Waals surface area (Å²) < 4.78 is 0. The summed E-state index contributed by atoms with van der Waals surface area (Å²) in [5.41, 5.74) is 2.70. The molecular formula is C18H25NOS. The number of hydrogen-bond acceptors (Lipinski definition) is 3. The highest BCUT2D eigenvalue weighted by Gasteiger charge is 2.13. The van der Waals surface area contributed by atoms with E-state index < -0.39 is 0 Å². The van der Waals surface area contributed by atoms with E-state index in [4.69, 9.17) is 0 Å². The molecule has 0 amide bonds. The third-order valence-corrected chi connectivity index (χ3v) is 4.86. The normalized spacial score (nSPS) is 14.1. The predicted octanol–water partition coefficient (Wildman–Crippen LogP) is 4.74. The van der Waals surface area contributed by atoms with E-state index in [0.717, 1.165) is 12.8 Å². The fourth-order valence-corrected chi connectivity index (χ4v) is 3.75. The monoisotopic (exact) mass is 303 g/mol. The highest BCUT2D eigenvalue weighted by atomic mass is 32.1. The summed E-state index contributed by atoms with van der Waals surface area (Å²) in [4.78, 5) is 2.80. The third-order valence-electron chi connectivity index (χ3n) is 3.88. The summed E-state index contributed by atoms with van der Waals surface area (Å²) >= 11 is 1.87. The maximum atomic E-state index is 9.30. The molecule has 2 nitrogen and oxygen atoms in total. The molecule has 114 valence electrons. The Labute approximate surface area is 131 Å². The number of phenolic OH excluding ortho intramolecular Hbond substituents is 1. The van der Waals surface area contributed by atoms with Gasteiger partial charge in [0.05, 0.1) is 0 Å². The van der Waals surface area contributed by atoms with E-state index in [-0.39, 0.29) is 0 Å². The first-order valence-corrected chi connectivity index (χ1v) is 8.38. The molecule has 2 N–H and O–H groups in total. The number of nitrogens with one attached hydrogen (secondary N) is 1. The Hall–Kier alpha value is -1.32. The molecule has 0 radical (unpaired) electrons. The summed E-state index contributed by atoms with van der Waals surface area (Å²) in [5.74, 6) is 0.335. The van der Waals surface area contributed by atoms with Crippen molar-refractivity contribution in [2.24, 2.45) is 0 Å². The van der Waals surface area contributed by atoms with Crippen LogP contribution in [-0.4, -0.2) is 11.1 Å². The van der Waals surface area contributed by atoms with Crippen LogP contribution < -0.4 is 5.32 Å². The van der Waals surface area contributed by atoms with Crippen molar-refractivity contribution in [2.45, 2.75) is 52.6 Å².